The molecule has 2 aliphatic rings. The van der Waals surface area contributed by atoms with Gasteiger partial charge >= 0.3 is 5.97 Å². The van der Waals surface area contributed by atoms with Gasteiger partial charge in [-0.1, -0.05) is 10.3 Å². The number of fused-ring (bicyclic) bond motifs is 1. The molecular weight excluding hydrogens is 444 g/mol. The van der Waals surface area contributed by atoms with Crippen LogP contribution in [0.2, 0.25) is 0 Å². The number of carbonyl (C=O) groups excluding carboxylic acids is 2. The third-order valence-corrected chi connectivity index (χ3v) is 6.17. The first-order valence-corrected chi connectivity index (χ1v) is 9.60. The van der Waals surface area contributed by atoms with E-state index in [0.29, 0.717) is 16.1 Å². The summed E-state index contributed by atoms with van der Waals surface area (Å²) < 4.78 is 4.84. The predicted molar refractivity (Wildman–Crippen MR) is 98.0 cm³/mol. The number of rotatable bonds is 6. The number of hydrogen-bond donors (Lipinski definition) is 2. The van der Waals surface area contributed by atoms with Crippen LogP contribution in [0.4, 0.5) is 0 Å². The third kappa shape index (κ3) is 3.68. The van der Waals surface area contributed by atoms with Crippen molar-refractivity contribution >= 4 is 51.2 Å². The number of aromatic nitrogens is 1. The number of halogens is 1. The van der Waals surface area contributed by atoms with Gasteiger partial charge in [-0.3, -0.25) is 9.59 Å². The molecule has 10 nitrogen and oxygen atoms in total. The Hall–Kier alpha value is -2.08. The smallest absolute Gasteiger partial charge is 0.327 e. The van der Waals surface area contributed by atoms with Crippen LogP contribution < -0.4 is 5.32 Å². The molecule has 2 N–H and O–H groups in total. The predicted octanol–water partition coefficient (Wildman–Crippen LogP) is 0.809. The van der Waals surface area contributed by atoms with Crippen LogP contribution in [0.25, 0.3) is 0 Å². The second kappa shape index (κ2) is 7.15. The van der Waals surface area contributed by atoms with Crippen LogP contribution in [0.3, 0.4) is 0 Å². The summed E-state index contributed by atoms with van der Waals surface area (Å²) in [6, 6.07) is -0.0927. The Balaban J connectivity index is 1.54. The molecule has 0 radical (unpaired) electrons. The van der Waals surface area contributed by atoms with Gasteiger partial charge in [-0.25, -0.2) is 4.79 Å². The summed E-state index contributed by atoms with van der Waals surface area (Å²) in [6.45, 7) is 4.77. The van der Waals surface area contributed by atoms with E-state index in [2.05, 4.69) is 31.6 Å². The number of carboxylic acid groups (broad SMARTS) is 1. The maximum Gasteiger partial charge on any atom is 0.327 e. The molecule has 2 amide bonds. The van der Waals surface area contributed by atoms with Gasteiger partial charge in [-0.15, -0.1) is 11.8 Å². The molecule has 3 rings (SSSR count). The number of nitrogens with one attached hydrogen (secondary N) is 1. The fraction of sp³-hybridized carbons (Fsp3) is 0.533. The minimum absolute atomic E-state index is 0.386. The third-order valence-electron chi connectivity index (χ3n) is 4.23. The van der Waals surface area contributed by atoms with E-state index in [1.807, 2.05) is 0 Å². The molecule has 3 heterocycles. The maximum absolute atomic E-state index is 12.3. The number of thioether (sulfide) groups is 1. The Labute approximate surface area is 166 Å². The van der Waals surface area contributed by atoms with Gasteiger partial charge in [0.05, 0.1) is 0 Å². The molecule has 0 aliphatic carbocycles. The van der Waals surface area contributed by atoms with Crippen LogP contribution in [-0.2, 0) is 19.2 Å². The quantitative estimate of drug-likeness (QED) is 0.361. The molecule has 2 fully saturated rings. The van der Waals surface area contributed by atoms with E-state index in [1.54, 1.807) is 26.8 Å². The lowest BCUT2D eigenvalue weighted by atomic mass is 9.96. The Morgan fingerprint density at radius 2 is 2.26 bits per heavy atom. The second-order valence-corrected chi connectivity index (χ2v) is 9.19. The number of oxime groups is 1. The fourth-order valence-corrected chi connectivity index (χ4v) is 4.92. The second-order valence-electron chi connectivity index (χ2n) is 6.61. The number of aliphatic carboxylic acids is 1. The number of nitrogens with zero attached hydrogens (tertiary/aromatic N) is 3. The van der Waals surface area contributed by atoms with Gasteiger partial charge in [0.1, 0.15) is 27.8 Å². The summed E-state index contributed by atoms with van der Waals surface area (Å²) in [5.74, 6) is -1.61. The first-order valence-electron chi connectivity index (χ1n) is 7.93. The highest BCUT2D eigenvalue weighted by molar-refractivity contribution is 9.10. The molecule has 0 aromatic carbocycles. The number of carbonyl (C=O) groups is 3. The molecule has 0 saturated carbocycles. The average molecular weight is 461 g/mol. The molecule has 0 bridgehead atoms. The molecule has 1 aromatic heterocycles. The van der Waals surface area contributed by atoms with Crippen molar-refractivity contribution in [3.05, 3.63) is 16.4 Å². The SMILES string of the molecule is C/C(=N\OCC(=O)N[C@@H]1C(=O)N2[C@@H]1SC(C)(C)[C@@H]2C(=O)O)c1cc(Br)no1. The highest BCUT2D eigenvalue weighted by Crippen LogP contribution is 2.50. The number of hydrogen-bond acceptors (Lipinski definition) is 8. The molecule has 12 heteroatoms. The number of carboxylic acids is 1. The van der Waals surface area contributed by atoms with Crippen molar-refractivity contribution in [2.75, 3.05) is 6.61 Å². The molecule has 3 atom stereocenters. The Morgan fingerprint density at radius 3 is 2.85 bits per heavy atom. The van der Waals surface area contributed by atoms with E-state index in [-0.39, 0.29) is 6.61 Å². The van der Waals surface area contributed by atoms with Crippen LogP contribution in [0.5, 0.6) is 0 Å². The summed E-state index contributed by atoms with van der Waals surface area (Å²) in [7, 11) is 0. The minimum atomic E-state index is -1.06. The molecule has 0 spiro atoms. The van der Waals surface area contributed by atoms with Gasteiger partial charge in [0, 0.05) is 10.8 Å². The number of amides is 2. The summed E-state index contributed by atoms with van der Waals surface area (Å²) in [6.07, 6.45) is 0. The van der Waals surface area contributed by atoms with E-state index in [1.165, 1.54) is 16.7 Å². The van der Waals surface area contributed by atoms with Crippen molar-refractivity contribution in [2.24, 2.45) is 5.16 Å². The summed E-state index contributed by atoms with van der Waals surface area (Å²) >= 11 is 4.50. The van der Waals surface area contributed by atoms with Crippen LogP contribution in [0.15, 0.2) is 20.3 Å². The zero-order valence-electron chi connectivity index (χ0n) is 14.6. The standard InChI is InChI=1S/C15H17BrN4O6S/c1-6(7-4-8(16)19-26-7)18-25-5-9(21)17-10-12(22)20-11(14(23)24)15(2,3)27-13(10)20/h4,10-11,13H,5H2,1-3H3,(H,17,21)(H,23,24)/b18-6+/t10-,11+,13-/m1/s1. The topological polar surface area (TPSA) is 134 Å². The Bertz CT molecular complexity index is 825. The van der Waals surface area contributed by atoms with Gasteiger partial charge in [-0.05, 0) is 36.7 Å². The van der Waals surface area contributed by atoms with Crippen molar-refractivity contribution in [3.63, 3.8) is 0 Å². The lowest BCUT2D eigenvalue weighted by molar-refractivity contribution is -0.161. The molecule has 0 unspecified atom stereocenters. The highest BCUT2D eigenvalue weighted by atomic mass is 79.9. The van der Waals surface area contributed by atoms with Crippen molar-refractivity contribution in [2.45, 2.75) is 43.0 Å². The zero-order valence-corrected chi connectivity index (χ0v) is 17.0. The summed E-state index contributed by atoms with van der Waals surface area (Å²) in [4.78, 5) is 42.1. The Kier molecular flexibility index (Phi) is 5.21. The normalized spacial score (nSPS) is 26.4. The van der Waals surface area contributed by atoms with Crippen LogP contribution in [-0.4, -0.2) is 67.5 Å². The first kappa shape index (κ1) is 19.7. The molecule has 27 heavy (non-hydrogen) atoms. The molecule has 2 aliphatic heterocycles. The molecule has 146 valence electrons. The Morgan fingerprint density at radius 1 is 1.56 bits per heavy atom. The highest BCUT2D eigenvalue weighted by Gasteiger charge is 2.64. The molecule has 1 aromatic rings. The van der Waals surface area contributed by atoms with E-state index >= 15 is 0 Å². The van der Waals surface area contributed by atoms with Crippen LogP contribution >= 0.6 is 27.7 Å². The lowest BCUT2D eigenvalue weighted by Gasteiger charge is -2.43. The van der Waals surface area contributed by atoms with Crippen LogP contribution in [0, 0.1) is 0 Å². The van der Waals surface area contributed by atoms with Crippen molar-refractivity contribution in [1.82, 2.24) is 15.4 Å². The zero-order chi connectivity index (χ0) is 19.9. The van der Waals surface area contributed by atoms with Gasteiger partial charge in [0.15, 0.2) is 12.4 Å². The van der Waals surface area contributed by atoms with Crippen LogP contribution in [0.1, 0.15) is 26.5 Å². The van der Waals surface area contributed by atoms with E-state index in [9.17, 15) is 19.5 Å². The average Bonchev–Trinajstić information content (AvgIpc) is 3.11. The molecule has 2 saturated heterocycles. The number of β-lactam (4-membered cyclic amide) rings is 1. The first-order chi connectivity index (χ1) is 12.6. The maximum atomic E-state index is 12.3. The largest absolute Gasteiger partial charge is 0.480 e. The fourth-order valence-electron chi connectivity index (χ4n) is 3.02. The molecular formula is C15H17BrN4O6S. The van der Waals surface area contributed by atoms with Gasteiger partial charge in [-0.2, -0.15) is 0 Å². The van der Waals surface area contributed by atoms with E-state index in [0.717, 1.165) is 0 Å². The summed E-state index contributed by atoms with van der Waals surface area (Å²) in [5.41, 5.74) is 0.393. The lowest BCUT2D eigenvalue weighted by Crippen LogP contribution is -2.70. The summed E-state index contributed by atoms with van der Waals surface area (Å²) in [5, 5.41) is 19.0. The van der Waals surface area contributed by atoms with Gasteiger partial charge < -0.3 is 24.7 Å². The minimum Gasteiger partial charge on any atom is -0.480 e. The van der Waals surface area contributed by atoms with Crippen molar-refractivity contribution in [3.8, 4) is 0 Å². The van der Waals surface area contributed by atoms with Gasteiger partial charge in [0.2, 0.25) is 5.91 Å². The van der Waals surface area contributed by atoms with Gasteiger partial charge in [0.25, 0.3) is 5.91 Å². The van der Waals surface area contributed by atoms with E-state index < -0.39 is 40.0 Å². The van der Waals surface area contributed by atoms with E-state index in [4.69, 9.17) is 9.36 Å². The van der Waals surface area contributed by atoms with Crippen molar-refractivity contribution < 1.29 is 28.9 Å². The van der Waals surface area contributed by atoms with Crippen molar-refractivity contribution in [1.29, 1.82) is 0 Å². The monoisotopic (exact) mass is 460 g/mol.